The maximum atomic E-state index is 5.22. The van der Waals surface area contributed by atoms with E-state index in [1.165, 1.54) is 0 Å². The second-order valence-electron chi connectivity index (χ2n) is 3.49. The van der Waals surface area contributed by atoms with Gasteiger partial charge in [-0.15, -0.1) is 0 Å². The highest BCUT2D eigenvalue weighted by molar-refractivity contribution is 5.38. The molecule has 2 heterocycles. The second kappa shape index (κ2) is 5.80. The van der Waals surface area contributed by atoms with Gasteiger partial charge in [0.2, 0.25) is 5.95 Å². The van der Waals surface area contributed by atoms with Crippen molar-refractivity contribution < 1.29 is 0 Å². The van der Waals surface area contributed by atoms with Gasteiger partial charge in [-0.2, -0.15) is 4.98 Å². The molecule has 4 N–H and O–H groups in total. The fourth-order valence-electron chi connectivity index (χ4n) is 1.42. The van der Waals surface area contributed by atoms with Crippen LogP contribution < -0.4 is 16.6 Å². The van der Waals surface area contributed by atoms with E-state index in [2.05, 4.69) is 25.7 Å². The minimum atomic E-state index is 0.407. The third-order valence-electron chi connectivity index (χ3n) is 2.24. The van der Waals surface area contributed by atoms with Crippen LogP contribution in [-0.2, 0) is 6.54 Å². The van der Waals surface area contributed by atoms with E-state index in [0.717, 1.165) is 25.3 Å². The summed E-state index contributed by atoms with van der Waals surface area (Å²) < 4.78 is 2.04. The minimum Gasteiger partial charge on any atom is -0.370 e. The van der Waals surface area contributed by atoms with E-state index in [9.17, 15) is 0 Å². The third-order valence-corrected chi connectivity index (χ3v) is 2.24. The highest BCUT2D eigenvalue weighted by Gasteiger charge is 1.96. The molecule has 90 valence electrons. The lowest BCUT2D eigenvalue weighted by Gasteiger charge is -2.06. The Morgan fingerprint density at radius 2 is 2.29 bits per heavy atom. The number of rotatable bonds is 6. The van der Waals surface area contributed by atoms with E-state index < -0.39 is 0 Å². The first kappa shape index (κ1) is 11.3. The highest BCUT2D eigenvalue weighted by atomic mass is 15.3. The van der Waals surface area contributed by atoms with Crippen LogP contribution in [0.2, 0.25) is 0 Å². The predicted octanol–water partition coefficient (Wildman–Crippen LogP) is 0.461. The van der Waals surface area contributed by atoms with E-state index in [1.807, 2.05) is 10.8 Å². The van der Waals surface area contributed by atoms with Crippen molar-refractivity contribution >= 4 is 11.8 Å². The van der Waals surface area contributed by atoms with Gasteiger partial charge in [0.25, 0.3) is 0 Å². The number of anilines is 2. The summed E-state index contributed by atoms with van der Waals surface area (Å²) in [5.41, 5.74) is 2.41. The van der Waals surface area contributed by atoms with Gasteiger partial charge in [-0.1, -0.05) is 0 Å². The molecule has 0 unspecified atom stereocenters. The average Bonchev–Trinajstić information content (AvgIpc) is 2.88. The van der Waals surface area contributed by atoms with Crippen LogP contribution in [0.4, 0.5) is 11.8 Å². The number of aryl methyl sites for hydroxylation is 1. The van der Waals surface area contributed by atoms with Gasteiger partial charge in [-0.25, -0.2) is 15.8 Å². The Bertz CT molecular complexity index is 440. The molecule has 0 fully saturated rings. The smallest absolute Gasteiger partial charge is 0.239 e. The molecule has 17 heavy (non-hydrogen) atoms. The standard InChI is InChI=1S/C10H15N7/c11-16-10-14-4-2-9(15-10)13-3-1-6-17-7-5-12-8-17/h2,4-5,7-8H,1,3,6,11H2,(H2,13,14,15,16). The monoisotopic (exact) mass is 233 g/mol. The topological polar surface area (TPSA) is 93.7 Å². The second-order valence-corrected chi connectivity index (χ2v) is 3.49. The quantitative estimate of drug-likeness (QED) is 0.381. The molecule has 0 spiro atoms. The number of hydrogen-bond acceptors (Lipinski definition) is 6. The summed E-state index contributed by atoms with van der Waals surface area (Å²) in [5, 5.41) is 3.20. The largest absolute Gasteiger partial charge is 0.370 e. The van der Waals surface area contributed by atoms with Crippen LogP contribution >= 0.6 is 0 Å². The molecule has 0 aliphatic carbocycles. The van der Waals surface area contributed by atoms with Crippen LogP contribution in [-0.4, -0.2) is 26.1 Å². The van der Waals surface area contributed by atoms with Crippen molar-refractivity contribution in [2.24, 2.45) is 5.84 Å². The van der Waals surface area contributed by atoms with Crippen molar-refractivity contribution in [1.82, 2.24) is 19.5 Å². The third kappa shape index (κ3) is 3.42. The van der Waals surface area contributed by atoms with Crippen molar-refractivity contribution in [2.75, 3.05) is 17.3 Å². The summed E-state index contributed by atoms with van der Waals surface area (Å²) in [6.07, 6.45) is 8.17. The van der Waals surface area contributed by atoms with Crippen molar-refractivity contribution in [1.29, 1.82) is 0 Å². The van der Waals surface area contributed by atoms with Crippen molar-refractivity contribution in [3.8, 4) is 0 Å². The van der Waals surface area contributed by atoms with Crippen LogP contribution in [0, 0.1) is 0 Å². The molecule has 7 heteroatoms. The normalized spacial score (nSPS) is 10.2. The summed E-state index contributed by atoms with van der Waals surface area (Å²) in [7, 11) is 0. The minimum absolute atomic E-state index is 0.407. The first-order valence-electron chi connectivity index (χ1n) is 5.38. The molecule has 2 aromatic rings. The molecule has 0 bridgehead atoms. The number of hydrogen-bond donors (Lipinski definition) is 3. The number of nitrogens with zero attached hydrogens (tertiary/aromatic N) is 4. The Balaban J connectivity index is 1.74. The molecule has 0 atom stereocenters. The molecule has 2 rings (SSSR count). The highest BCUT2D eigenvalue weighted by Crippen LogP contribution is 2.04. The maximum Gasteiger partial charge on any atom is 0.239 e. The van der Waals surface area contributed by atoms with Crippen LogP contribution in [0.25, 0.3) is 0 Å². The van der Waals surface area contributed by atoms with Crippen molar-refractivity contribution in [3.63, 3.8) is 0 Å². The van der Waals surface area contributed by atoms with Gasteiger partial charge in [-0.05, 0) is 12.5 Å². The lowest BCUT2D eigenvalue weighted by molar-refractivity contribution is 0.660. The zero-order valence-electron chi connectivity index (χ0n) is 9.37. The predicted molar refractivity (Wildman–Crippen MR) is 65.2 cm³/mol. The Hall–Kier alpha value is -2.15. The molecule has 0 aliphatic rings. The van der Waals surface area contributed by atoms with Crippen LogP contribution in [0.1, 0.15) is 6.42 Å². The molecular formula is C10H15N7. The van der Waals surface area contributed by atoms with Gasteiger partial charge >= 0.3 is 0 Å². The van der Waals surface area contributed by atoms with Gasteiger partial charge in [0.15, 0.2) is 0 Å². The lowest BCUT2D eigenvalue weighted by Crippen LogP contribution is -2.12. The molecular weight excluding hydrogens is 218 g/mol. The lowest BCUT2D eigenvalue weighted by atomic mass is 10.4. The number of nitrogen functional groups attached to an aromatic ring is 1. The molecule has 0 aromatic carbocycles. The zero-order chi connectivity index (χ0) is 11.9. The van der Waals surface area contributed by atoms with Crippen molar-refractivity contribution in [2.45, 2.75) is 13.0 Å². The van der Waals surface area contributed by atoms with E-state index in [0.29, 0.717) is 5.95 Å². The Kier molecular flexibility index (Phi) is 3.87. The van der Waals surface area contributed by atoms with Gasteiger partial charge in [0, 0.05) is 31.7 Å². The number of aromatic nitrogens is 4. The number of hydrazine groups is 1. The molecule has 0 amide bonds. The number of imidazole rings is 1. The molecule has 0 radical (unpaired) electrons. The molecule has 0 saturated heterocycles. The fraction of sp³-hybridized carbons (Fsp3) is 0.300. The molecule has 7 nitrogen and oxygen atoms in total. The molecule has 0 aliphatic heterocycles. The number of nitrogens with one attached hydrogen (secondary N) is 2. The van der Waals surface area contributed by atoms with Gasteiger partial charge in [0.1, 0.15) is 5.82 Å². The van der Waals surface area contributed by atoms with E-state index in [-0.39, 0.29) is 0 Å². The van der Waals surface area contributed by atoms with Crippen LogP contribution in [0.5, 0.6) is 0 Å². The van der Waals surface area contributed by atoms with Crippen molar-refractivity contribution in [3.05, 3.63) is 31.0 Å². The first-order valence-corrected chi connectivity index (χ1v) is 5.38. The Labute approximate surface area is 99.1 Å². The summed E-state index contributed by atoms with van der Waals surface area (Å²) in [6.45, 7) is 1.76. The Morgan fingerprint density at radius 3 is 3.06 bits per heavy atom. The summed E-state index contributed by atoms with van der Waals surface area (Å²) in [4.78, 5) is 12.1. The van der Waals surface area contributed by atoms with Crippen LogP contribution in [0.3, 0.4) is 0 Å². The fourth-order valence-corrected chi connectivity index (χ4v) is 1.42. The van der Waals surface area contributed by atoms with E-state index in [1.54, 1.807) is 24.8 Å². The first-order chi connectivity index (χ1) is 8.38. The van der Waals surface area contributed by atoms with Gasteiger partial charge in [0.05, 0.1) is 6.33 Å². The summed E-state index contributed by atoms with van der Waals surface area (Å²) >= 11 is 0. The average molecular weight is 233 g/mol. The van der Waals surface area contributed by atoms with Gasteiger partial charge < -0.3 is 9.88 Å². The molecule has 0 saturated carbocycles. The SMILES string of the molecule is NNc1nccc(NCCCn2ccnc2)n1. The summed E-state index contributed by atoms with van der Waals surface area (Å²) in [5.74, 6) is 6.39. The van der Waals surface area contributed by atoms with Crippen LogP contribution in [0.15, 0.2) is 31.0 Å². The zero-order valence-corrected chi connectivity index (χ0v) is 9.37. The van der Waals surface area contributed by atoms with E-state index >= 15 is 0 Å². The van der Waals surface area contributed by atoms with Gasteiger partial charge in [-0.3, -0.25) is 5.43 Å². The summed E-state index contributed by atoms with van der Waals surface area (Å²) in [6, 6.07) is 1.80. The number of nitrogens with two attached hydrogens (primary N) is 1. The maximum absolute atomic E-state index is 5.22. The van der Waals surface area contributed by atoms with E-state index in [4.69, 9.17) is 5.84 Å². The Morgan fingerprint density at radius 1 is 1.35 bits per heavy atom. The molecule has 2 aromatic heterocycles.